The first-order valence-corrected chi connectivity index (χ1v) is 9.45. The molecule has 1 fully saturated rings. The van der Waals surface area contributed by atoms with Gasteiger partial charge in [0.05, 0.1) is 0 Å². The van der Waals surface area contributed by atoms with Crippen LogP contribution in [0.2, 0.25) is 0 Å². The van der Waals surface area contributed by atoms with E-state index in [1.807, 2.05) is 23.1 Å². The normalized spacial score (nSPS) is 15.1. The van der Waals surface area contributed by atoms with E-state index in [0.717, 1.165) is 31.1 Å². The van der Waals surface area contributed by atoms with E-state index in [1.165, 1.54) is 29.8 Å². The molecule has 2 heterocycles. The highest BCUT2D eigenvalue weighted by Crippen LogP contribution is 2.32. The van der Waals surface area contributed by atoms with Crippen LogP contribution in [-0.2, 0) is 16.1 Å². The van der Waals surface area contributed by atoms with Gasteiger partial charge in [-0.15, -0.1) is 0 Å². The highest BCUT2D eigenvalue weighted by Gasteiger charge is 2.23. The van der Waals surface area contributed by atoms with E-state index in [0.29, 0.717) is 18.7 Å². The van der Waals surface area contributed by atoms with Gasteiger partial charge in [-0.25, -0.2) is 14.0 Å². The SMILES string of the molecule is O=C(O)C(=O)O.O=C(c1ccc(F)cc1)N1CCN(Cc2ccc3c(c2)OCO3)CC1. The van der Waals surface area contributed by atoms with Crippen molar-refractivity contribution in [3.8, 4) is 11.5 Å². The van der Waals surface area contributed by atoms with E-state index in [2.05, 4.69) is 4.90 Å². The van der Waals surface area contributed by atoms with Gasteiger partial charge in [0.2, 0.25) is 6.79 Å². The number of hydrogen-bond acceptors (Lipinski definition) is 6. The molecule has 2 aliphatic rings. The Balaban J connectivity index is 0.000000401. The number of ether oxygens (including phenoxy) is 2. The Morgan fingerprint density at radius 1 is 0.871 bits per heavy atom. The Kier molecular flexibility index (Phi) is 7.03. The molecule has 0 spiro atoms. The standard InChI is InChI=1S/C19H19FN2O3.C2H2O4/c20-16-4-2-15(3-5-16)19(23)22-9-7-21(8-10-22)12-14-1-6-17-18(11-14)25-13-24-17;3-1(4)2(5)6/h1-6,11H,7-10,12-13H2;(H,3,4)(H,5,6). The summed E-state index contributed by atoms with van der Waals surface area (Å²) in [6.07, 6.45) is 0. The summed E-state index contributed by atoms with van der Waals surface area (Å²) in [5.41, 5.74) is 1.70. The van der Waals surface area contributed by atoms with Crippen molar-refractivity contribution < 1.29 is 38.5 Å². The molecule has 2 aliphatic heterocycles. The molecule has 1 amide bonds. The minimum atomic E-state index is -1.82. The summed E-state index contributed by atoms with van der Waals surface area (Å²) in [5, 5.41) is 14.8. The van der Waals surface area contributed by atoms with Gasteiger partial charge in [0, 0.05) is 38.3 Å². The molecule has 0 aliphatic carbocycles. The highest BCUT2D eigenvalue weighted by molar-refractivity contribution is 6.27. The number of nitrogens with zero attached hydrogens (tertiary/aromatic N) is 2. The zero-order chi connectivity index (χ0) is 22.4. The number of rotatable bonds is 3. The van der Waals surface area contributed by atoms with Gasteiger partial charge in [0.1, 0.15) is 5.82 Å². The number of carbonyl (C=O) groups is 3. The molecule has 10 heteroatoms. The molecule has 2 aromatic rings. The summed E-state index contributed by atoms with van der Waals surface area (Å²) >= 11 is 0. The number of aliphatic carboxylic acids is 2. The largest absolute Gasteiger partial charge is 0.473 e. The predicted octanol–water partition coefficient (Wildman–Crippen LogP) is 1.67. The predicted molar refractivity (Wildman–Crippen MR) is 105 cm³/mol. The average molecular weight is 432 g/mol. The van der Waals surface area contributed by atoms with Crippen molar-refractivity contribution in [3.63, 3.8) is 0 Å². The number of amides is 1. The van der Waals surface area contributed by atoms with Crippen LogP contribution in [0.5, 0.6) is 11.5 Å². The summed E-state index contributed by atoms with van der Waals surface area (Å²) in [7, 11) is 0. The molecular formula is C21H21FN2O7. The van der Waals surface area contributed by atoms with Gasteiger partial charge in [0.25, 0.3) is 5.91 Å². The summed E-state index contributed by atoms with van der Waals surface area (Å²) in [6, 6.07) is 11.7. The number of fused-ring (bicyclic) bond motifs is 1. The third-order valence-electron chi connectivity index (χ3n) is 4.78. The van der Waals surface area contributed by atoms with Crippen LogP contribution in [0.25, 0.3) is 0 Å². The Morgan fingerprint density at radius 2 is 1.48 bits per heavy atom. The first-order chi connectivity index (χ1) is 14.8. The third kappa shape index (κ3) is 5.92. The van der Waals surface area contributed by atoms with Crippen LogP contribution in [0.1, 0.15) is 15.9 Å². The first-order valence-electron chi connectivity index (χ1n) is 9.45. The fourth-order valence-corrected chi connectivity index (χ4v) is 3.18. The minimum absolute atomic E-state index is 0.0391. The van der Waals surface area contributed by atoms with Crippen molar-refractivity contribution >= 4 is 17.8 Å². The average Bonchev–Trinajstić information content (AvgIpc) is 3.23. The summed E-state index contributed by atoms with van der Waals surface area (Å²) in [5.74, 6) is -2.43. The van der Waals surface area contributed by atoms with Gasteiger partial charge in [-0.2, -0.15) is 0 Å². The quantitative estimate of drug-likeness (QED) is 0.704. The van der Waals surface area contributed by atoms with E-state index in [-0.39, 0.29) is 18.5 Å². The molecule has 2 aromatic carbocycles. The fraction of sp³-hybridized carbons (Fsp3) is 0.286. The van der Waals surface area contributed by atoms with Gasteiger partial charge in [-0.05, 0) is 42.0 Å². The number of carbonyl (C=O) groups excluding carboxylic acids is 1. The Labute approximate surface area is 177 Å². The molecule has 0 saturated carbocycles. The summed E-state index contributed by atoms with van der Waals surface area (Å²) < 4.78 is 23.7. The maximum Gasteiger partial charge on any atom is 0.414 e. The Morgan fingerprint density at radius 3 is 2.10 bits per heavy atom. The molecule has 9 nitrogen and oxygen atoms in total. The highest BCUT2D eigenvalue weighted by atomic mass is 19.1. The van der Waals surface area contributed by atoms with E-state index >= 15 is 0 Å². The smallest absolute Gasteiger partial charge is 0.414 e. The topological polar surface area (TPSA) is 117 Å². The zero-order valence-electron chi connectivity index (χ0n) is 16.5. The first kappa shape index (κ1) is 22.0. The number of hydrogen-bond donors (Lipinski definition) is 2. The van der Waals surface area contributed by atoms with Crippen molar-refractivity contribution in [1.82, 2.24) is 9.80 Å². The van der Waals surface area contributed by atoms with Crippen LogP contribution in [-0.4, -0.2) is 70.8 Å². The van der Waals surface area contributed by atoms with Gasteiger partial charge in [0.15, 0.2) is 11.5 Å². The third-order valence-corrected chi connectivity index (χ3v) is 4.78. The molecule has 0 bridgehead atoms. The lowest BCUT2D eigenvalue weighted by Crippen LogP contribution is -2.48. The molecule has 1 saturated heterocycles. The van der Waals surface area contributed by atoms with Crippen LogP contribution in [0.3, 0.4) is 0 Å². The van der Waals surface area contributed by atoms with Crippen LogP contribution in [0.4, 0.5) is 4.39 Å². The molecule has 0 atom stereocenters. The Hall–Kier alpha value is -3.66. The monoisotopic (exact) mass is 432 g/mol. The van der Waals surface area contributed by atoms with E-state index in [9.17, 15) is 9.18 Å². The van der Waals surface area contributed by atoms with Crippen molar-refractivity contribution in [2.24, 2.45) is 0 Å². The van der Waals surface area contributed by atoms with Gasteiger partial charge in [-0.1, -0.05) is 6.07 Å². The summed E-state index contributed by atoms with van der Waals surface area (Å²) in [6.45, 7) is 4.04. The van der Waals surface area contributed by atoms with Gasteiger partial charge >= 0.3 is 11.9 Å². The molecule has 0 radical (unpaired) electrons. The minimum Gasteiger partial charge on any atom is -0.473 e. The second-order valence-electron chi connectivity index (χ2n) is 6.87. The number of piperazine rings is 1. The molecule has 0 aromatic heterocycles. The number of carboxylic acid groups (broad SMARTS) is 2. The number of halogens is 1. The van der Waals surface area contributed by atoms with E-state index in [1.54, 1.807) is 0 Å². The molecule has 31 heavy (non-hydrogen) atoms. The lowest BCUT2D eigenvalue weighted by Gasteiger charge is -2.34. The van der Waals surface area contributed by atoms with Gasteiger partial charge < -0.3 is 24.6 Å². The van der Waals surface area contributed by atoms with Crippen LogP contribution >= 0.6 is 0 Å². The van der Waals surface area contributed by atoms with Crippen molar-refractivity contribution in [3.05, 3.63) is 59.4 Å². The zero-order valence-corrected chi connectivity index (χ0v) is 16.5. The fourth-order valence-electron chi connectivity index (χ4n) is 3.18. The second-order valence-corrected chi connectivity index (χ2v) is 6.87. The molecule has 0 unspecified atom stereocenters. The Bertz CT molecular complexity index is 945. The lowest BCUT2D eigenvalue weighted by molar-refractivity contribution is -0.159. The van der Waals surface area contributed by atoms with Gasteiger partial charge in [-0.3, -0.25) is 9.69 Å². The van der Waals surface area contributed by atoms with Crippen molar-refractivity contribution in [1.29, 1.82) is 0 Å². The second kappa shape index (κ2) is 9.90. The van der Waals surface area contributed by atoms with Crippen molar-refractivity contribution in [2.45, 2.75) is 6.54 Å². The summed E-state index contributed by atoms with van der Waals surface area (Å²) in [4.78, 5) is 34.8. The number of carboxylic acids is 2. The van der Waals surface area contributed by atoms with Crippen LogP contribution in [0.15, 0.2) is 42.5 Å². The molecule has 2 N–H and O–H groups in total. The van der Waals surface area contributed by atoms with E-state index in [4.69, 9.17) is 29.3 Å². The molecule has 4 rings (SSSR count). The van der Waals surface area contributed by atoms with Crippen LogP contribution in [0, 0.1) is 5.82 Å². The molecule has 164 valence electrons. The van der Waals surface area contributed by atoms with E-state index < -0.39 is 11.9 Å². The van der Waals surface area contributed by atoms with Crippen molar-refractivity contribution in [2.75, 3.05) is 33.0 Å². The number of benzene rings is 2. The maximum atomic E-state index is 13.0. The van der Waals surface area contributed by atoms with Crippen LogP contribution < -0.4 is 9.47 Å². The molecular weight excluding hydrogens is 411 g/mol. The lowest BCUT2D eigenvalue weighted by atomic mass is 10.1. The maximum absolute atomic E-state index is 13.0.